The van der Waals surface area contributed by atoms with E-state index in [4.69, 9.17) is 9.72 Å². The van der Waals surface area contributed by atoms with Gasteiger partial charge in [0.25, 0.3) is 0 Å². The van der Waals surface area contributed by atoms with E-state index in [9.17, 15) is 4.79 Å². The number of hydrogen-bond acceptors (Lipinski definition) is 7. The summed E-state index contributed by atoms with van der Waals surface area (Å²) < 4.78 is 5.47. The van der Waals surface area contributed by atoms with Gasteiger partial charge in [-0.05, 0) is 54.8 Å². The molecule has 4 rings (SSSR count). The van der Waals surface area contributed by atoms with Crippen LogP contribution >= 0.6 is 23.1 Å². The number of ether oxygens (including phenoxy) is 1. The molecule has 0 aliphatic rings. The summed E-state index contributed by atoms with van der Waals surface area (Å²) in [6.45, 7) is 6.26. The number of thiazole rings is 1. The van der Waals surface area contributed by atoms with E-state index in [0.29, 0.717) is 10.9 Å². The van der Waals surface area contributed by atoms with E-state index < -0.39 is 0 Å². The molecule has 0 unspecified atom stereocenters. The Labute approximate surface area is 207 Å². The molecule has 0 atom stereocenters. The zero-order valence-corrected chi connectivity index (χ0v) is 21.2. The van der Waals surface area contributed by atoms with Gasteiger partial charge in [0.2, 0.25) is 5.91 Å². The maximum atomic E-state index is 12.3. The summed E-state index contributed by atoms with van der Waals surface area (Å²) in [6.07, 6.45) is 0. The smallest absolute Gasteiger partial charge is 0.234 e. The molecule has 2 heterocycles. The molecule has 8 heteroatoms. The minimum Gasteiger partial charge on any atom is -0.496 e. The summed E-state index contributed by atoms with van der Waals surface area (Å²) >= 11 is 2.92. The topological polar surface area (TPSA) is 77.0 Å². The average molecular weight is 491 g/mol. The highest BCUT2D eigenvalue weighted by atomic mass is 32.2. The van der Waals surface area contributed by atoms with Crippen molar-refractivity contribution in [1.29, 1.82) is 0 Å². The van der Waals surface area contributed by atoms with Crippen molar-refractivity contribution in [2.75, 3.05) is 18.2 Å². The lowest BCUT2D eigenvalue weighted by Crippen LogP contribution is -2.14. The molecule has 0 radical (unpaired) electrons. The van der Waals surface area contributed by atoms with Crippen molar-refractivity contribution in [2.24, 2.45) is 0 Å². The standard InChI is InChI=1S/C26H26N4O2S2/c1-16(2)18-9-11-19(12-10-18)28-23(31)15-33-24-14-13-21(29-30-24)25-17(3)27-26(34-25)20-7-5-6-8-22(20)32-4/h5-14,16H,15H2,1-4H3,(H,28,31). The first-order valence-corrected chi connectivity index (χ1v) is 12.7. The lowest BCUT2D eigenvalue weighted by molar-refractivity contribution is -0.113. The van der Waals surface area contributed by atoms with Crippen molar-refractivity contribution in [1.82, 2.24) is 15.2 Å². The number of hydrogen-bond donors (Lipinski definition) is 1. The van der Waals surface area contributed by atoms with Gasteiger partial charge in [-0.2, -0.15) is 0 Å². The van der Waals surface area contributed by atoms with E-state index in [1.165, 1.54) is 17.3 Å². The number of methoxy groups -OCH3 is 1. The molecule has 4 aromatic rings. The number of para-hydroxylation sites is 1. The van der Waals surface area contributed by atoms with Crippen molar-refractivity contribution in [3.63, 3.8) is 0 Å². The molecule has 6 nitrogen and oxygen atoms in total. The number of amides is 1. The van der Waals surface area contributed by atoms with Gasteiger partial charge in [0.05, 0.1) is 29.0 Å². The summed E-state index contributed by atoms with van der Waals surface area (Å²) in [6, 6.07) is 19.6. The van der Waals surface area contributed by atoms with E-state index in [2.05, 4.69) is 29.4 Å². The van der Waals surface area contributed by atoms with Crippen LogP contribution in [0, 0.1) is 6.92 Å². The molecular formula is C26H26N4O2S2. The Morgan fingerprint density at radius 3 is 2.50 bits per heavy atom. The summed E-state index contributed by atoms with van der Waals surface area (Å²) in [5.74, 6) is 1.43. The van der Waals surface area contributed by atoms with Crippen molar-refractivity contribution >= 4 is 34.7 Å². The first-order chi connectivity index (χ1) is 16.4. The number of carbonyl (C=O) groups is 1. The predicted octanol–water partition coefficient (Wildman–Crippen LogP) is 6.44. The van der Waals surface area contributed by atoms with Crippen molar-refractivity contribution in [2.45, 2.75) is 31.7 Å². The Balaban J connectivity index is 1.39. The molecule has 0 aliphatic heterocycles. The van der Waals surface area contributed by atoms with E-state index in [-0.39, 0.29) is 11.7 Å². The minimum atomic E-state index is -0.0760. The molecule has 0 fully saturated rings. The largest absolute Gasteiger partial charge is 0.496 e. The molecule has 0 saturated carbocycles. The average Bonchev–Trinajstić information content (AvgIpc) is 3.24. The molecule has 0 aliphatic carbocycles. The highest BCUT2D eigenvalue weighted by molar-refractivity contribution is 7.99. The minimum absolute atomic E-state index is 0.0760. The van der Waals surface area contributed by atoms with Crippen LogP contribution in [-0.2, 0) is 4.79 Å². The Kier molecular flexibility index (Phi) is 7.59. The second kappa shape index (κ2) is 10.8. The predicted molar refractivity (Wildman–Crippen MR) is 140 cm³/mol. The summed E-state index contributed by atoms with van der Waals surface area (Å²) in [5, 5.41) is 13.2. The van der Waals surface area contributed by atoms with E-state index in [1.807, 2.05) is 67.6 Å². The fourth-order valence-electron chi connectivity index (χ4n) is 3.38. The molecule has 1 amide bonds. The van der Waals surface area contributed by atoms with Gasteiger partial charge in [0.1, 0.15) is 21.5 Å². The van der Waals surface area contributed by atoms with Crippen LogP contribution < -0.4 is 10.1 Å². The second-order valence-electron chi connectivity index (χ2n) is 8.00. The Bertz CT molecular complexity index is 1270. The van der Waals surface area contributed by atoms with Gasteiger partial charge in [0, 0.05) is 5.69 Å². The first kappa shape index (κ1) is 23.9. The second-order valence-corrected chi connectivity index (χ2v) is 10.00. The highest BCUT2D eigenvalue weighted by Gasteiger charge is 2.16. The third kappa shape index (κ3) is 5.63. The quantitative estimate of drug-likeness (QED) is 0.287. The molecule has 0 saturated heterocycles. The van der Waals surface area contributed by atoms with Crippen LogP contribution in [0.25, 0.3) is 21.1 Å². The number of nitrogens with zero attached hydrogens (tertiary/aromatic N) is 3. The molecule has 2 aromatic heterocycles. The lowest BCUT2D eigenvalue weighted by Gasteiger charge is -2.08. The van der Waals surface area contributed by atoms with Gasteiger partial charge in [-0.3, -0.25) is 4.79 Å². The maximum absolute atomic E-state index is 12.3. The van der Waals surface area contributed by atoms with Gasteiger partial charge in [-0.25, -0.2) is 4.98 Å². The van der Waals surface area contributed by atoms with E-state index in [0.717, 1.165) is 38.3 Å². The molecule has 0 bridgehead atoms. The summed E-state index contributed by atoms with van der Waals surface area (Å²) in [4.78, 5) is 18.0. The highest BCUT2D eigenvalue weighted by Crippen LogP contribution is 2.38. The molecular weight excluding hydrogens is 464 g/mol. The lowest BCUT2D eigenvalue weighted by atomic mass is 10.0. The zero-order valence-electron chi connectivity index (χ0n) is 19.5. The third-order valence-electron chi connectivity index (χ3n) is 5.22. The molecule has 1 N–H and O–H groups in total. The van der Waals surface area contributed by atoms with Crippen molar-refractivity contribution in [3.05, 3.63) is 71.9 Å². The van der Waals surface area contributed by atoms with Gasteiger partial charge >= 0.3 is 0 Å². The van der Waals surface area contributed by atoms with Crippen LogP contribution in [0.15, 0.2) is 65.7 Å². The summed E-state index contributed by atoms with van der Waals surface area (Å²) in [5.41, 5.74) is 4.64. The van der Waals surface area contributed by atoms with Crippen LogP contribution in [0.3, 0.4) is 0 Å². The van der Waals surface area contributed by atoms with Gasteiger partial charge in [0.15, 0.2) is 0 Å². The third-order valence-corrected chi connectivity index (χ3v) is 7.35. The number of rotatable bonds is 8. The first-order valence-electron chi connectivity index (χ1n) is 10.9. The fraction of sp³-hybridized carbons (Fsp3) is 0.231. The number of nitrogens with one attached hydrogen (secondary N) is 1. The van der Waals surface area contributed by atoms with Gasteiger partial charge in [-0.1, -0.05) is 49.9 Å². The van der Waals surface area contributed by atoms with Crippen molar-refractivity contribution in [3.8, 4) is 26.9 Å². The SMILES string of the molecule is COc1ccccc1-c1nc(C)c(-c2ccc(SCC(=O)Nc3ccc(C(C)C)cc3)nn2)s1. The normalized spacial score (nSPS) is 11.0. The molecule has 34 heavy (non-hydrogen) atoms. The Morgan fingerprint density at radius 2 is 1.82 bits per heavy atom. The molecule has 2 aromatic carbocycles. The van der Waals surface area contributed by atoms with Crippen LogP contribution in [0.4, 0.5) is 5.69 Å². The number of aryl methyl sites for hydroxylation is 1. The Morgan fingerprint density at radius 1 is 1.06 bits per heavy atom. The van der Waals surface area contributed by atoms with Crippen molar-refractivity contribution < 1.29 is 9.53 Å². The summed E-state index contributed by atoms with van der Waals surface area (Å²) in [7, 11) is 1.66. The van der Waals surface area contributed by atoms with Crippen LogP contribution in [-0.4, -0.2) is 34.0 Å². The van der Waals surface area contributed by atoms with Gasteiger partial charge in [-0.15, -0.1) is 21.5 Å². The van der Waals surface area contributed by atoms with E-state index in [1.54, 1.807) is 18.4 Å². The number of benzene rings is 2. The monoisotopic (exact) mass is 490 g/mol. The van der Waals surface area contributed by atoms with E-state index >= 15 is 0 Å². The number of thioether (sulfide) groups is 1. The number of aromatic nitrogens is 3. The van der Waals surface area contributed by atoms with Crippen LogP contribution in [0.2, 0.25) is 0 Å². The molecule has 174 valence electrons. The fourth-order valence-corrected chi connectivity index (χ4v) is 5.05. The maximum Gasteiger partial charge on any atom is 0.234 e. The molecule has 0 spiro atoms. The number of carbonyl (C=O) groups excluding carboxylic acids is 1. The number of anilines is 1. The Hall–Kier alpha value is -3.23. The van der Waals surface area contributed by atoms with Crippen LogP contribution in [0.1, 0.15) is 31.0 Å². The van der Waals surface area contributed by atoms with Gasteiger partial charge < -0.3 is 10.1 Å². The zero-order chi connectivity index (χ0) is 24.1. The van der Waals surface area contributed by atoms with Crippen LogP contribution in [0.5, 0.6) is 5.75 Å².